The van der Waals surface area contributed by atoms with E-state index in [-0.39, 0.29) is 73.3 Å². The maximum absolute atomic E-state index is 14.7. The number of methoxy groups -OCH3 is 3. The predicted molar refractivity (Wildman–Crippen MR) is 478 cm³/mol. The number of hydrogen-bond acceptors (Lipinski definition) is 32. The van der Waals surface area contributed by atoms with Crippen molar-refractivity contribution in [3.63, 3.8) is 0 Å². The van der Waals surface area contributed by atoms with E-state index < -0.39 is 83.8 Å². The molecule has 1 aromatic carbocycles. The first kappa shape index (κ1) is 103. The Morgan fingerprint density at radius 1 is 0.698 bits per heavy atom. The first-order valence-electron chi connectivity index (χ1n) is 46.1. The summed E-state index contributed by atoms with van der Waals surface area (Å²) in [5.41, 5.74) is 24.6. The van der Waals surface area contributed by atoms with Crippen LogP contribution in [-0.2, 0) is 115 Å². The Balaban J connectivity index is 0.542. The van der Waals surface area contributed by atoms with Crippen molar-refractivity contribution in [3.05, 3.63) is 84.0 Å². The topological polar surface area (TPSA) is 457 Å². The fourth-order valence-corrected chi connectivity index (χ4v) is 17.5. The molecule has 36 nitrogen and oxygen atoms in total. The lowest BCUT2D eigenvalue weighted by Gasteiger charge is -2.42. The average Bonchev–Trinajstić information content (AvgIpc) is 1.73. The minimum Gasteiger partial charge on any atom is -0.459 e. The number of amides is 2. The number of piperidine rings is 2. The summed E-state index contributed by atoms with van der Waals surface area (Å²) >= 11 is 0. The van der Waals surface area contributed by atoms with E-state index in [9.17, 15) is 39.0 Å². The number of nitrogens with zero attached hydrogens (tertiary/aromatic N) is 10. The normalized spacial score (nSPS) is 27.2. The third kappa shape index (κ3) is 31.2. The summed E-state index contributed by atoms with van der Waals surface area (Å²) in [6, 6.07) is 3.55. The molecule has 1 aliphatic carbocycles. The predicted octanol–water partition coefficient (Wildman–Crippen LogP) is 8.08. The van der Waals surface area contributed by atoms with Gasteiger partial charge in [0.15, 0.2) is 17.0 Å². The average molecular weight is 1810 g/mol. The van der Waals surface area contributed by atoms with E-state index >= 15 is 0 Å². The van der Waals surface area contributed by atoms with Crippen molar-refractivity contribution in [3.8, 4) is 11.3 Å². The number of nitrogen functional groups attached to an aromatic ring is 2. The van der Waals surface area contributed by atoms with E-state index in [0.29, 0.717) is 248 Å². The standard InChI is InChI=1S/C93H141N13O23/c1-61-17-11-10-12-18-62(2)78(115-7)56-71-24-21-66(6)93(114,129-71)87(111)90(112)105-30-15-13-20-74(105)91(113)127-79(57-75(107)63(3)52-65(5)85(110)86(117-9)84(109)64(4)51-61)72(94)53-68-22-25-77(80(54-68)116-8)126-34-16-14-19-70-59-104(102-100-70)33-36-119-38-40-121-42-44-123-46-48-125-50-49-124-47-45-122-43-41-120-39-37-118-35-29-81(108)103-31-27-67(28-32-103)58-106-89-82(88(95)97-60-98-89)83(101-106)69-23-26-76-73(55-69)99-92(96)128-76/h10-12,17-18,23,26,52,55,59-61,63-64,66-68,71-72,74,77-80,85-86,110,114H,13-16,19-22,24-25,27-51,53-54,56-58,94H2,1-9H3,(H2,96,99)(H2,95,97,98)/b12-10+,17-11+,62-18+,65-52+/t61-,63-,64-,66-,68+,71+,72-,74+,77-,78+,79+,80-,85-,86+,93-/m1/s1. The molecule has 10 rings (SSSR count). The van der Waals surface area contributed by atoms with Crippen LogP contribution in [0.4, 0.5) is 11.8 Å². The monoisotopic (exact) mass is 1810 g/mol. The molecular weight excluding hydrogens is 1670 g/mol. The molecule has 8 N–H and O–H groups in total. The molecule has 1 saturated carbocycles. The van der Waals surface area contributed by atoms with Gasteiger partial charge in [-0.05, 0) is 157 Å². The van der Waals surface area contributed by atoms with Crippen LogP contribution in [0.15, 0.2) is 82.7 Å². The van der Waals surface area contributed by atoms with Gasteiger partial charge in [-0.3, -0.25) is 24.0 Å². The molecule has 0 radical (unpaired) electrons. The Morgan fingerprint density at radius 2 is 1.37 bits per heavy atom. The molecule has 4 fully saturated rings. The number of aliphatic hydroxyl groups excluding tert-OH is 1. The number of benzene rings is 1. The number of aryl methyl sites for hydroxylation is 1. The number of carbonyl (C=O) groups excluding carboxylic acids is 6. The molecule has 8 heterocycles. The zero-order chi connectivity index (χ0) is 92.2. The van der Waals surface area contributed by atoms with Crippen LogP contribution in [0.25, 0.3) is 33.4 Å². The number of hydrogen-bond donors (Lipinski definition) is 5. The Hall–Kier alpha value is -8.28. The smallest absolute Gasteiger partial charge is 0.329 e. The van der Waals surface area contributed by atoms with E-state index in [1.165, 1.54) is 18.3 Å². The molecule has 3 saturated heterocycles. The maximum Gasteiger partial charge on any atom is 0.329 e. The lowest BCUT2D eigenvalue weighted by molar-refractivity contribution is -0.265. The number of anilines is 2. The number of ether oxygens (including phenoxy) is 14. The number of oxazole rings is 1. The van der Waals surface area contributed by atoms with Crippen LogP contribution < -0.4 is 17.2 Å². The second-order valence-electron chi connectivity index (χ2n) is 34.7. The van der Waals surface area contributed by atoms with Gasteiger partial charge in [-0.15, -0.1) is 5.10 Å². The van der Waals surface area contributed by atoms with Gasteiger partial charge in [-0.25, -0.2) is 24.1 Å². The van der Waals surface area contributed by atoms with Crippen molar-refractivity contribution in [2.45, 2.75) is 231 Å². The van der Waals surface area contributed by atoms with Crippen molar-refractivity contribution in [2.24, 2.45) is 41.2 Å². The van der Waals surface area contributed by atoms with Gasteiger partial charge < -0.3 is 108 Å². The molecular formula is C93H141N13O23. The van der Waals surface area contributed by atoms with E-state index in [1.54, 1.807) is 58.7 Å². The highest BCUT2D eigenvalue weighted by atomic mass is 16.6. The molecule has 716 valence electrons. The van der Waals surface area contributed by atoms with Gasteiger partial charge in [0.05, 0.1) is 154 Å². The number of cyclic esters (lactones) is 1. The van der Waals surface area contributed by atoms with Crippen LogP contribution in [0.5, 0.6) is 0 Å². The number of ketones is 3. The first-order chi connectivity index (χ1) is 62.4. The Morgan fingerprint density at radius 3 is 2.04 bits per heavy atom. The number of allylic oxidation sites excluding steroid dienone is 6. The summed E-state index contributed by atoms with van der Waals surface area (Å²) in [7, 11) is 4.60. The van der Waals surface area contributed by atoms with Gasteiger partial charge in [0.2, 0.25) is 11.7 Å². The van der Waals surface area contributed by atoms with Crippen molar-refractivity contribution < 1.29 is 110 Å². The first-order valence-corrected chi connectivity index (χ1v) is 46.1. The molecule has 5 aliphatic rings. The molecule has 5 aromatic rings. The molecule has 2 amide bonds. The molecule has 4 aromatic heterocycles. The molecule has 36 heteroatoms. The molecule has 129 heavy (non-hydrogen) atoms. The number of unbranched alkanes of at least 4 members (excludes halogenated alkanes) is 1. The second kappa shape index (κ2) is 53.4. The summed E-state index contributed by atoms with van der Waals surface area (Å²) in [5.74, 6) is -7.58. The number of aromatic nitrogens is 8. The van der Waals surface area contributed by atoms with Gasteiger partial charge in [0.25, 0.3) is 17.7 Å². The summed E-state index contributed by atoms with van der Waals surface area (Å²) in [4.78, 5) is 101. The van der Waals surface area contributed by atoms with Crippen molar-refractivity contribution in [1.29, 1.82) is 0 Å². The number of aliphatic hydroxyl groups is 2. The number of Topliss-reactive ketones (excluding diaryl/α,β-unsaturated/α-hetero) is 3. The lowest BCUT2D eigenvalue weighted by atomic mass is 9.80. The minimum absolute atomic E-state index is 0.0144. The Labute approximate surface area is 756 Å². The number of esters is 1. The van der Waals surface area contributed by atoms with Crippen LogP contribution in [0, 0.1) is 35.5 Å². The summed E-state index contributed by atoms with van der Waals surface area (Å²) < 4.78 is 90.9. The zero-order valence-corrected chi connectivity index (χ0v) is 77.0. The van der Waals surface area contributed by atoms with Gasteiger partial charge in [-0.1, -0.05) is 69.4 Å². The molecule has 0 unspecified atom stereocenters. The van der Waals surface area contributed by atoms with Crippen molar-refractivity contribution >= 4 is 69.1 Å². The summed E-state index contributed by atoms with van der Waals surface area (Å²) in [6.07, 6.45) is 18.3. The third-order valence-electron chi connectivity index (χ3n) is 25.1. The van der Waals surface area contributed by atoms with Gasteiger partial charge >= 0.3 is 5.97 Å². The largest absolute Gasteiger partial charge is 0.459 e. The van der Waals surface area contributed by atoms with Crippen LogP contribution in [0.2, 0.25) is 0 Å². The Kier molecular flexibility index (Phi) is 42.6. The fraction of sp³-hybridized carbons (Fsp3) is 0.699. The van der Waals surface area contributed by atoms with E-state index in [1.807, 2.05) is 72.1 Å². The second-order valence-corrected chi connectivity index (χ2v) is 34.7. The van der Waals surface area contributed by atoms with Gasteiger partial charge in [0, 0.05) is 103 Å². The highest BCUT2D eigenvalue weighted by Crippen LogP contribution is 2.39. The van der Waals surface area contributed by atoms with E-state index in [2.05, 4.69) is 25.3 Å². The number of nitrogens with two attached hydrogens (primary N) is 3. The van der Waals surface area contributed by atoms with Crippen LogP contribution in [0.3, 0.4) is 0 Å². The minimum atomic E-state index is -2.48. The van der Waals surface area contributed by atoms with Crippen LogP contribution in [0.1, 0.15) is 156 Å². The SMILES string of the molecule is CO[C@H]1C[C@@H]2CC[C@@H](C)[C@@](O)(O2)C(=O)C(=O)N2CCCC[C@H]2C(=O)O[C@H]([C@H](N)C[C@@H]2CC[C@@H](OCCCCc3cn(CCOCCOCCOCCOCCOCCOCCOCCOCCC(=O)N4CCC(Cn5nc(-c6ccc7oc(N)nc7c6)c6c(N)ncnc65)CC4)nn3)[C@H](OC)C2)CC(=O)[C@H](C)/C=C(\C)[C@@H](O)[C@@H](OC)C(=O)[C@H](C)C[C@H](C)/C=C/C=C/C=C/1C. The Bertz CT molecular complexity index is 4430. The van der Waals surface area contributed by atoms with Gasteiger partial charge in [0.1, 0.15) is 53.5 Å². The third-order valence-corrected chi connectivity index (χ3v) is 25.1. The molecule has 0 spiro atoms. The van der Waals surface area contributed by atoms with Gasteiger partial charge in [-0.2, -0.15) is 10.1 Å². The van der Waals surface area contributed by atoms with E-state index in [0.717, 1.165) is 48.9 Å². The molecule has 2 bridgehead atoms. The number of rotatable bonds is 42. The summed E-state index contributed by atoms with van der Waals surface area (Å²) in [6.45, 7) is 20.4. The maximum atomic E-state index is 14.7. The lowest BCUT2D eigenvalue weighted by Crippen LogP contribution is -2.61. The van der Waals surface area contributed by atoms with Crippen LogP contribution in [-0.4, -0.2) is 309 Å². The van der Waals surface area contributed by atoms with Crippen molar-refractivity contribution in [1.82, 2.24) is 49.5 Å². The zero-order valence-electron chi connectivity index (χ0n) is 77.0. The molecule has 15 atom stereocenters. The number of likely N-dealkylation sites (tertiary alicyclic amines) is 1. The van der Waals surface area contributed by atoms with Crippen LogP contribution >= 0.6 is 0 Å². The number of fused-ring (bicyclic) bond motifs is 5. The number of carbonyl (C=O) groups is 6. The molecule has 4 aliphatic heterocycles. The fourth-order valence-electron chi connectivity index (χ4n) is 17.5. The van der Waals surface area contributed by atoms with Crippen molar-refractivity contribution in [2.75, 3.05) is 165 Å². The summed E-state index contributed by atoms with van der Waals surface area (Å²) in [5, 5.41) is 38.1. The highest BCUT2D eigenvalue weighted by Gasteiger charge is 2.53. The quantitative estimate of drug-likeness (QED) is 0.0107. The highest BCUT2D eigenvalue weighted by molar-refractivity contribution is 6.39. The van der Waals surface area contributed by atoms with E-state index in [4.69, 9.17) is 93.0 Å².